The van der Waals surface area contributed by atoms with E-state index in [9.17, 15) is 10.1 Å². The molecule has 1 fully saturated rings. The fraction of sp³-hybridized carbons (Fsp3) is 0.833. The zero-order chi connectivity index (χ0) is 13.4. The number of nitrogens with zero attached hydrogens (tertiary/aromatic N) is 2. The topological polar surface area (TPSA) is 82.8 Å². The fourth-order valence-electron chi connectivity index (χ4n) is 2.03. The standard InChI is InChI=1S/C12H20N2O4/c1-17-9-5-14(4-6-15)11(16)12(10-13)2-7-18-8-3-12/h15H,2-9H2,1H3. The highest BCUT2D eigenvalue weighted by Gasteiger charge is 2.42. The van der Waals surface area contributed by atoms with Crippen LogP contribution in [0.25, 0.3) is 0 Å². The monoisotopic (exact) mass is 256 g/mol. The number of aliphatic hydroxyl groups is 1. The lowest BCUT2D eigenvalue weighted by Gasteiger charge is -2.34. The Morgan fingerprint density at radius 3 is 2.67 bits per heavy atom. The molecule has 0 aromatic rings. The van der Waals surface area contributed by atoms with Gasteiger partial charge in [-0.2, -0.15) is 5.26 Å². The number of methoxy groups -OCH3 is 1. The second-order valence-corrected chi connectivity index (χ2v) is 4.31. The summed E-state index contributed by atoms with van der Waals surface area (Å²) in [4.78, 5) is 13.9. The molecule has 0 unspecified atom stereocenters. The van der Waals surface area contributed by atoms with Gasteiger partial charge in [0.1, 0.15) is 5.41 Å². The Kier molecular flexibility index (Phi) is 6.05. The third-order valence-electron chi connectivity index (χ3n) is 3.19. The van der Waals surface area contributed by atoms with Gasteiger partial charge < -0.3 is 19.5 Å². The van der Waals surface area contributed by atoms with Crippen LogP contribution in [0.3, 0.4) is 0 Å². The van der Waals surface area contributed by atoms with E-state index in [-0.39, 0.29) is 19.1 Å². The van der Waals surface area contributed by atoms with Crippen LogP contribution < -0.4 is 0 Å². The summed E-state index contributed by atoms with van der Waals surface area (Å²) < 4.78 is 10.1. The summed E-state index contributed by atoms with van der Waals surface area (Å²) >= 11 is 0. The summed E-state index contributed by atoms with van der Waals surface area (Å²) in [5.41, 5.74) is -0.999. The Labute approximate surface area is 107 Å². The van der Waals surface area contributed by atoms with Crippen molar-refractivity contribution in [2.75, 3.05) is 46.6 Å². The summed E-state index contributed by atoms with van der Waals surface area (Å²) in [5, 5.41) is 18.3. The molecular weight excluding hydrogens is 236 g/mol. The van der Waals surface area contributed by atoms with Gasteiger partial charge >= 0.3 is 0 Å². The number of aliphatic hydroxyl groups excluding tert-OH is 1. The number of nitriles is 1. The van der Waals surface area contributed by atoms with Crippen LogP contribution in [0.4, 0.5) is 0 Å². The van der Waals surface area contributed by atoms with Crippen LogP contribution in [0.2, 0.25) is 0 Å². The van der Waals surface area contributed by atoms with Crippen molar-refractivity contribution >= 4 is 5.91 Å². The summed E-state index contributed by atoms with van der Waals surface area (Å²) in [7, 11) is 1.55. The van der Waals surface area contributed by atoms with E-state index in [2.05, 4.69) is 6.07 Å². The van der Waals surface area contributed by atoms with Gasteiger partial charge in [-0.1, -0.05) is 0 Å². The van der Waals surface area contributed by atoms with Gasteiger partial charge in [0.15, 0.2) is 0 Å². The van der Waals surface area contributed by atoms with Crippen LogP contribution in [0.15, 0.2) is 0 Å². The van der Waals surface area contributed by atoms with Crippen molar-refractivity contribution in [3.05, 3.63) is 0 Å². The number of hydrogen-bond donors (Lipinski definition) is 1. The van der Waals surface area contributed by atoms with Crippen LogP contribution >= 0.6 is 0 Å². The van der Waals surface area contributed by atoms with Gasteiger partial charge in [0, 0.05) is 33.4 Å². The fourth-order valence-corrected chi connectivity index (χ4v) is 2.03. The first kappa shape index (κ1) is 14.9. The maximum atomic E-state index is 12.4. The number of carbonyl (C=O) groups excluding carboxylic acids is 1. The third kappa shape index (κ3) is 3.42. The van der Waals surface area contributed by atoms with Crippen molar-refractivity contribution < 1.29 is 19.4 Å². The molecule has 1 N–H and O–H groups in total. The normalized spacial score (nSPS) is 18.1. The first-order valence-corrected chi connectivity index (χ1v) is 6.08. The molecule has 0 saturated carbocycles. The molecule has 0 radical (unpaired) electrons. The Morgan fingerprint density at radius 2 is 2.17 bits per heavy atom. The van der Waals surface area contributed by atoms with Crippen molar-refractivity contribution in [1.82, 2.24) is 4.90 Å². The highest BCUT2D eigenvalue weighted by atomic mass is 16.5. The first-order chi connectivity index (χ1) is 8.70. The van der Waals surface area contributed by atoms with Crippen LogP contribution in [-0.4, -0.2) is 62.5 Å². The summed E-state index contributed by atoms with van der Waals surface area (Å²) in [6.07, 6.45) is 0.828. The summed E-state index contributed by atoms with van der Waals surface area (Å²) in [6.45, 7) is 1.75. The molecule has 0 atom stereocenters. The highest BCUT2D eigenvalue weighted by molar-refractivity contribution is 5.85. The average Bonchev–Trinajstić information content (AvgIpc) is 2.43. The Balaban J connectivity index is 2.75. The zero-order valence-corrected chi connectivity index (χ0v) is 10.7. The number of amides is 1. The second-order valence-electron chi connectivity index (χ2n) is 4.31. The predicted octanol–water partition coefficient (Wildman–Crippen LogP) is -0.226. The first-order valence-electron chi connectivity index (χ1n) is 6.08. The average molecular weight is 256 g/mol. The maximum Gasteiger partial charge on any atom is 0.243 e. The Morgan fingerprint density at radius 1 is 1.50 bits per heavy atom. The van der Waals surface area contributed by atoms with E-state index in [1.165, 1.54) is 4.90 Å². The van der Waals surface area contributed by atoms with E-state index < -0.39 is 5.41 Å². The van der Waals surface area contributed by atoms with E-state index >= 15 is 0 Å². The minimum atomic E-state index is -0.999. The highest BCUT2D eigenvalue weighted by Crippen LogP contribution is 2.31. The van der Waals surface area contributed by atoms with Crippen molar-refractivity contribution in [1.29, 1.82) is 5.26 Å². The molecule has 0 bridgehead atoms. The van der Waals surface area contributed by atoms with Crippen molar-refractivity contribution in [2.24, 2.45) is 5.41 Å². The largest absolute Gasteiger partial charge is 0.395 e. The molecular formula is C12H20N2O4. The van der Waals surface area contributed by atoms with E-state index in [1.54, 1.807) is 7.11 Å². The Hall–Kier alpha value is -1.16. The molecule has 102 valence electrons. The summed E-state index contributed by atoms with van der Waals surface area (Å²) in [5.74, 6) is -0.223. The van der Waals surface area contributed by atoms with Gasteiger partial charge in [0.05, 0.1) is 19.3 Å². The molecule has 6 heteroatoms. The lowest BCUT2D eigenvalue weighted by Crippen LogP contribution is -2.48. The van der Waals surface area contributed by atoms with Gasteiger partial charge in [-0.15, -0.1) is 0 Å². The minimum absolute atomic E-state index is 0.118. The van der Waals surface area contributed by atoms with Gasteiger partial charge in [-0.3, -0.25) is 4.79 Å². The Bertz CT molecular complexity index is 308. The molecule has 0 aromatic heterocycles. The molecule has 1 amide bonds. The van der Waals surface area contributed by atoms with Crippen LogP contribution in [0.1, 0.15) is 12.8 Å². The second kappa shape index (κ2) is 7.31. The quantitative estimate of drug-likeness (QED) is 0.710. The van der Waals surface area contributed by atoms with Gasteiger partial charge in [-0.05, 0) is 12.8 Å². The predicted molar refractivity (Wildman–Crippen MR) is 63.6 cm³/mol. The molecule has 1 heterocycles. The molecule has 6 nitrogen and oxygen atoms in total. The number of rotatable bonds is 6. The lowest BCUT2D eigenvalue weighted by atomic mass is 9.80. The van der Waals surface area contributed by atoms with E-state index in [0.717, 1.165) is 0 Å². The SMILES string of the molecule is COCCN(CCO)C(=O)C1(C#N)CCOCC1. The van der Waals surface area contributed by atoms with Crippen LogP contribution in [0, 0.1) is 16.7 Å². The summed E-state index contributed by atoms with van der Waals surface area (Å²) in [6, 6.07) is 2.14. The maximum absolute atomic E-state index is 12.4. The van der Waals surface area contributed by atoms with Gasteiger partial charge in [-0.25, -0.2) is 0 Å². The molecule has 1 aliphatic rings. The van der Waals surface area contributed by atoms with Crippen molar-refractivity contribution in [2.45, 2.75) is 12.8 Å². The number of ether oxygens (including phenoxy) is 2. The van der Waals surface area contributed by atoms with Crippen molar-refractivity contribution in [3.8, 4) is 6.07 Å². The van der Waals surface area contributed by atoms with Crippen LogP contribution in [-0.2, 0) is 14.3 Å². The molecule has 0 aromatic carbocycles. The number of carbonyl (C=O) groups is 1. The van der Waals surface area contributed by atoms with E-state index in [0.29, 0.717) is 39.2 Å². The molecule has 1 saturated heterocycles. The molecule has 18 heavy (non-hydrogen) atoms. The van der Waals surface area contributed by atoms with Gasteiger partial charge in [0.25, 0.3) is 0 Å². The lowest BCUT2D eigenvalue weighted by molar-refractivity contribution is -0.144. The number of hydrogen-bond acceptors (Lipinski definition) is 5. The van der Waals surface area contributed by atoms with Gasteiger partial charge in [0.2, 0.25) is 5.91 Å². The molecule has 0 spiro atoms. The zero-order valence-electron chi connectivity index (χ0n) is 10.7. The minimum Gasteiger partial charge on any atom is -0.395 e. The molecule has 1 rings (SSSR count). The van der Waals surface area contributed by atoms with Crippen molar-refractivity contribution in [3.63, 3.8) is 0 Å². The van der Waals surface area contributed by atoms with E-state index in [4.69, 9.17) is 14.6 Å². The van der Waals surface area contributed by atoms with E-state index in [1.807, 2.05) is 0 Å². The molecule has 1 aliphatic heterocycles. The smallest absolute Gasteiger partial charge is 0.243 e. The molecule has 0 aliphatic carbocycles. The van der Waals surface area contributed by atoms with Crippen LogP contribution in [0.5, 0.6) is 0 Å². The third-order valence-corrected chi connectivity index (χ3v) is 3.19.